The number of pyridine rings is 1. The van der Waals surface area contributed by atoms with Crippen molar-refractivity contribution in [3.63, 3.8) is 0 Å². The van der Waals surface area contributed by atoms with Crippen molar-refractivity contribution in [1.29, 1.82) is 5.26 Å². The van der Waals surface area contributed by atoms with Crippen molar-refractivity contribution in [3.05, 3.63) is 81.5 Å². The largest absolute Gasteiger partial charge is 0.490 e. The van der Waals surface area contributed by atoms with Crippen LogP contribution in [0.25, 0.3) is 0 Å². The number of ether oxygens (including phenoxy) is 4. The highest BCUT2D eigenvalue weighted by Crippen LogP contribution is 2.29. The van der Waals surface area contributed by atoms with Crippen LogP contribution in [0.5, 0.6) is 17.4 Å². The Morgan fingerprint density at radius 1 is 1.11 bits per heavy atom. The standard InChI is InChI=1S/C27H27ClN4O5/c1-4-35-25-12-19(9-10-24(25)36-16-20-7-5-6-8-23(20)28)14-30-32-26(33)17-37-27-22(13-29)21(15-34-3)11-18(2)31-27/h5-12,14H,4,15-17H2,1-3H3,(H,32,33)/b30-14-. The molecule has 0 radical (unpaired) electrons. The lowest BCUT2D eigenvalue weighted by Gasteiger charge is -2.13. The molecular weight excluding hydrogens is 496 g/mol. The van der Waals surface area contributed by atoms with Crippen LogP contribution in [0.4, 0.5) is 0 Å². The second-order valence-corrected chi connectivity index (χ2v) is 8.16. The van der Waals surface area contributed by atoms with Crippen LogP contribution in [-0.4, -0.2) is 37.4 Å². The molecule has 2 aromatic carbocycles. The zero-order valence-corrected chi connectivity index (χ0v) is 21.5. The number of nitriles is 1. The van der Waals surface area contributed by atoms with E-state index in [1.165, 1.54) is 13.3 Å². The van der Waals surface area contributed by atoms with Gasteiger partial charge in [0.15, 0.2) is 18.1 Å². The Kier molecular flexibility index (Phi) is 10.3. The number of carbonyl (C=O) groups excluding carboxylic acids is 1. The van der Waals surface area contributed by atoms with Crippen LogP contribution in [0, 0.1) is 18.3 Å². The number of carbonyl (C=O) groups is 1. The number of hydrazone groups is 1. The number of hydrogen-bond acceptors (Lipinski definition) is 8. The van der Waals surface area contributed by atoms with Crippen LogP contribution in [0.15, 0.2) is 53.6 Å². The van der Waals surface area contributed by atoms with Gasteiger partial charge in [-0.25, -0.2) is 10.4 Å². The average Bonchev–Trinajstić information content (AvgIpc) is 2.88. The van der Waals surface area contributed by atoms with E-state index in [9.17, 15) is 10.1 Å². The van der Waals surface area contributed by atoms with Gasteiger partial charge in [-0.3, -0.25) is 4.79 Å². The Bertz CT molecular complexity index is 1310. The van der Waals surface area contributed by atoms with E-state index in [4.69, 9.17) is 30.5 Å². The third kappa shape index (κ3) is 7.93. The first kappa shape index (κ1) is 27.5. The van der Waals surface area contributed by atoms with E-state index in [0.717, 1.165) is 5.56 Å². The Labute approximate surface area is 220 Å². The Morgan fingerprint density at radius 2 is 1.92 bits per heavy atom. The van der Waals surface area contributed by atoms with Crippen LogP contribution in [0.2, 0.25) is 5.02 Å². The molecule has 192 valence electrons. The van der Waals surface area contributed by atoms with Crippen LogP contribution in [-0.2, 0) is 22.7 Å². The van der Waals surface area contributed by atoms with Crippen molar-refractivity contribution in [2.24, 2.45) is 5.10 Å². The predicted molar refractivity (Wildman–Crippen MR) is 139 cm³/mol. The highest BCUT2D eigenvalue weighted by molar-refractivity contribution is 6.31. The Morgan fingerprint density at radius 3 is 2.65 bits per heavy atom. The van der Waals surface area contributed by atoms with E-state index in [1.807, 2.05) is 31.2 Å². The molecule has 3 rings (SSSR count). The van der Waals surface area contributed by atoms with Gasteiger partial charge < -0.3 is 18.9 Å². The zero-order chi connectivity index (χ0) is 26.6. The zero-order valence-electron chi connectivity index (χ0n) is 20.8. The topological polar surface area (TPSA) is 115 Å². The number of methoxy groups -OCH3 is 1. The molecule has 37 heavy (non-hydrogen) atoms. The summed E-state index contributed by atoms with van der Waals surface area (Å²) in [5, 5.41) is 14.1. The van der Waals surface area contributed by atoms with E-state index in [1.54, 1.807) is 37.3 Å². The first-order chi connectivity index (χ1) is 17.9. The van der Waals surface area contributed by atoms with E-state index >= 15 is 0 Å². The molecule has 1 N–H and O–H groups in total. The van der Waals surface area contributed by atoms with E-state index in [-0.39, 0.29) is 24.7 Å². The normalized spacial score (nSPS) is 10.7. The minimum absolute atomic E-state index is 0.0717. The molecular formula is C27H27ClN4O5. The summed E-state index contributed by atoms with van der Waals surface area (Å²) in [6.07, 6.45) is 1.47. The second-order valence-electron chi connectivity index (χ2n) is 7.75. The molecule has 0 saturated carbocycles. The van der Waals surface area contributed by atoms with Crippen molar-refractivity contribution in [2.75, 3.05) is 20.3 Å². The second kappa shape index (κ2) is 13.8. The maximum atomic E-state index is 12.2. The third-order valence-corrected chi connectivity index (χ3v) is 5.33. The molecule has 0 atom stereocenters. The lowest BCUT2D eigenvalue weighted by Crippen LogP contribution is -2.25. The average molecular weight is 523 g/mol. The number of benzene rings is 2. The molecule has 0 spiro atoms. The molecule has 3 aromatic rings. The molecule has 0 fully saturated rings. The first-order valence-electron chi connectivity index (χ1n) is 11.4. The molecule has 0 unspecified atom stereocenters. The molecule has 0 aliphatic rings. The molecule has 0 bridgehead atoms. The summed E-state index contributed by atoms with van der Waals surface area (Å²) in [7, 11) is 1.53. The van der Waals surface area contributed by atoms with Gasteiger partial charge in [-0.15, -0.1) is 0 Å². The van der Waals surface area contributed by atoms with E-state index < -0.39 is 5.91 Å². The highest BCUT2D eigenvalue weighted by Gasteiger charge is 2.14. The van der Waals surface area contributed by atoms with Gasteiger partial charge in [0, 0.05) is 29.0 Å². The fourth-order valence-corrected chi connectivity index (χ4v) is 3.50. The van der Waals surface area contributed by atoms with Gasteiger partial charge in [0.25, 0.3) is 5.91 Å². The van der Waals surface area contributed by atoms with Gasteiger partial charge in [-0.2, -0.15) is 10.4 Å². The highest BCUT2D eigenvalue weighted by atomic mass is 35.5. The van der Waals surface area contributed by atoms with Gasteiger partial charge >= 0.3 is 0 Å². The van der Waals surface area contributed by atoms with Crippen molar-refractivity contribution in [2.45, 2.75) is 27.1 Å². The number of aromatic nitrogens is 1. The minimum atomic E-state index is -0.513. The van der Waals surface area contributed by atoms with Crippen LogP contribution < -0.4 is 19.6 Å². The van der Waals surface area contributed by atoms with Crippen LogP contribution in [0.3, 0.4) is 0 Å². The minimum Gasteiger partial charge on any atom is -0.490 e. The number of nitrogens with zero attached hydrogens (tertiary/aromatic N) is 3. The summed E-state index contributed by atoms with van der Waals surface area (Å²) in [5.41, 5.74) is 5.45. The SMILES string of the molecule is CCOc1cc(/C=N\NC(=O)COc2nc(C)cc(COC)c2C#N)ccc1OCc1ccccc1Cl. The van der Waals surface area contributed by atoms with E-state index in [2.05, 4.69) is 15.5 Å². The monoisotopic (exact) mass is 522 g/mol. The number of amides is 1. The fraction of sp³-hybridized carbons (Fsp3) is 0.259. The first-order valence-corrected chi connectivity index (χ1v) is 11.8. The summed E-state index contributed by atoms with van der Waals surface area (Å²) in [6, 6.07) is 16.5. The maximum Gasteiger partial charge on any atom is 0.278 e. The molecule has 1 heterocycles. The summed E-state index contributed by atoms with van der Waals surface area (Å²) in [4.78, 5) is 16.4. The lowest BCUT2D eigenvalue weighted by atomic mass is 10.1. The Hall–Kier alpha value is -4.13. The summed E-state index contributed by atoms with van der Waals surface area (Å²) >= 11 is 6.20. The van der Waals surface area contributed by atoms with Crippen molar-refractivity contribution in [3.8, 4) is 23.4 Å². The molecule has 1 aromatic heterocycles. The third-order valence-electron chi connectivity index (χ3n) is 4.96. The van der Waals surface area contributed by atoms with Crippen molar-refractivity contribution >= 4 is 23.7 Å². The molecule has 1 amide bonds. The number of aryl methyl sites for hydroxylation is 1. The number of halogens is 1. The van der Waals surface area contributed by atoms with Crippen molar-refractivity contribution < 1.29 is 23.7 Å². The number of nitrogens with one attached hydrogen (secondary N) is 1. The number of rotatable bonds is 12. The van der Waals surface area contributed by atoms with Gasteiger partial charge in [0.2, 0.25) is 5.88 Å². The van der Waals surface area contributed by atoms with Gasteiger partial charge in [-0.05, 0) is 49.7 Å². The lowest BCUT2D eigenvalue weighted by molar-refractivity contribution is -0.123. The molecule has 0 aliphatic heterocycles. The van der Waals surface area contributed by atoms with Crippen LogP contribution in [0.1, 0.15) is 34.9 Å². The fourth-order valence-electron chi connectivity index (χ4n) is 3.31. The Balaban J connectivity index is 1.60. The van der Waals surface area contributed by atoms with Crippen molar-refractivity contribution in [1.82, 2.24) is 10.4 Å². The molecule has 0 saturated heterocycles. The van der Waals surface area contributed by atoms with Gasteiger partial charge in [0.05, 0.1) is 19.4 Å². The smallest absolute Gasteiger partial charge is 0.278 e. The molecule has 10 heteroatoms. The summed E-state index contributed by atoms with van der Waals surface area (Å²) in [5.74, 6) is 0.654. The van der Waals surface area contributed by atoms with Crippen LogP contribution >= 0.6 is 11.6 Å². The number of hydrogen-bond donors (Lipinski definition) is 1. The molecule has 0 aliphatic carbocycles. The van der Waals surface area contributed by atoms with Gasteiger partial charge in [-0.1, -0.05) is 29.8 Å². The summed E-state index contributed by atoms with van der Waals surface area (Å²) in [6.45, 7) is 4.24. The summed E-state index contributed by atoms with van der Waals surface area (Å²) < 4.78 is 22.2. The predicted octanol–water partition coefficient (Wildman–Crippen LogP) is 4.57. The quantitative estimate of drug-likeness (QED) is 0.273. The maximum absolute atomic E-state index is 12.2. The molecule has 9 nitrogen and oxygen atoms in total. The van der Waals surface area contributed by atoms with E-state index in [0.29, 0.717) is 46.6 Å². The van der Waals surface area contributed by atoms with Gasteiger partial charge in [0.1, 0.15) is 18.2 Å².